The van der Waals surface area contributed by atoms with E-state index in [-0.39, 0.29) is 0 Å². The number of hydrogen-bond acceptors (Lipinski definition) is 2. The van der Waals surface area contributed by atoms with E-state index in [0.29, 0.717) is 0 Å². The monoisotopic (exact) mass is 170 g/mol. The molecule has 0 saturated carbocycles. The molecule has 1 unspecified atom stereocenters. The molecule has 1 heterocycles. The van der Waals surface area contributed by atoms with Gasteiger partial charge in [-0.1, -0.05) is 6.92 Å². The lowest BCUT2D eigenvalue weighted by atomic mass is 10.0. The normalized spacial score (nSPS) is 24.2. The van der Waals surface area contributed by atoms with Crippen LogP contribution < -0.4 is 5.32 Å². The minimum absolute atomic E-state index is 0.769. The Hall–Kier alpha value is -0.0800. The summed E-state index contributed by atoms with van der Waals surface area (Å²) in [7, 11) is 2.07. The number of nitrogens with one attached hydrogen (secondary N) is 1. The van der Waals surface area contributed by atoms with Gasteiger partial charge in [0.25, 0.3) is 0 Å². The van der Waals surface area contributed by atoms with Crippen molar-refractivity contribution in [2.24, 2.45) is 0 Å². The second-order valence-corrected chi connectivity index (χ2v) is 3.86. The standard InChI is InChI=1S/C10H22N2/c1-4-9(2)12-7-5-10(11-3)6-8-12/h9-11H,4-8H2,1-3H3. The molecule has 0 amide bonds. The fourth-order valence-electron chi connectivity index (χ4n) is 1.89. The second kappa shape index (κ2) is 4.83. The molecular formula is C10H22N2. The van der Waals surface area contributed by atoms with Gasteiger partial charge in [-0.2, -0.15) is 0 Å². The lowest BCUT2D eigenvalue weighted by Gasteiger charge is -2.35. The fourth-order valence-corrected chi connectivity index (χ4v) is 1.89. The highest BCUT2D eigenvalue weighted by molar-refractivity contribution is 4.78. The first kappa shape index (κ1) is 10.0. The summed E-state index contributed by atoms with van der Waals surface area (Å²) in [4.78, 5) is 2.60. The summed E-state index contributed by atoms with van der Waals surface area (Å²) in [6.07, 6.45) is 3.92. The lowest BCUT2D eigenvalue weighted by Crippen LogP contribution is -2.44. The molecule has 0 aromatic carbocycles. The maximum Gasteiger partial charge on any atom is 0.00884 e. The third kappa shape index (κ3) is 2.46. The van der Waals surface area contributed by atoms with E-state index in [9.17, 15) is 0 Å². The minimum atomic E-state index is 0.769. The summed E-state index contributed by atoms with van der Waals surface area (Å²) in [6, 6.07) is 1.55. The van der Waals surface area contributed by atoms with Gasteiger partial charge in [0.1, 0.15) is 0 Å². The molecule has 1 atom stereocenters. The topological polar surface area (TPSA) is 15.3 Å². The maximum absolute atomic E-state index is 3.35. The minimum Gasteiger partial charge on any atom is -0.317 e. The first-order valence-corrected chi connectivity index (χ1v) is 5.19. The van der Waals surface area contributed by atoms with Crippen LogP contribution in [0.25, 0.3) is 0 Å². The zero-order valence-electron chi connectivity index (χ0n) is 8.64. The van der Waals surface area contributed by atoms with E-state index in [0.717, 1.165) is 12.1 Å². The van der Waals surface area contributed by atoms with Crippen LogP contribution in [0.4, 0.5) is 0 Å². The molecule has 12 heavy (non-hydrogen) atoms. The SMILES string of the molecule is CCC(C)N1CCC(NC)CC1. The van der Waals surface area contributed by atoms with E-state index in [1.807, 2.05) is 0 Å². The van der Waals surface area contributed by atoms with Gasteiger partial charge >= 0.3 is 0 Å². The van der Waals surface area contributed by atoms with Gasteiger partial charge < -0.3 is 10.2 Å². The van der Waals surface area contributed by atoms with Gasteiger partial charge in [-0.05, 0) is 46.3 Å². The van der Waals surface area contributed by atoms with Gasteiger partial charge in [0.2, 0.25) is 0 Å². The number of hydrogen-bond donors (Lipinski definition) is 1. The van der Waals surface area contributed by atoms with Crippen molar-refractivity contribution in [2.45, 2.75) is 45.2 Å². The molecule has 0 aromatic heterocycles. The van der Waals surface area contributed by atoms with Gasteiger partial charge in [0.05, 0.1) is 0 Å². The molecule has 0 bridgehead atoms. The van der Waals surface area contributed by atoms with Crippen LogP contribution in [-0.4, -0.2) is 37.1 Å². The molecule has 0 spiro atoms. The van der Waals surface area contributed by atoms with Gasteiger partial charge in [0.15, 0.2) is 0 Å². The van der Waals surface area contributed by atoms with Gasteiger partial charge in [-0.15, -0.1) is 0 Å². The predicted octanol–water partition coefficient (Wildman–Crippen LogP) is 1.47. The molecule has 1 rings (SSSR count). The highest BCUT2D eigenvalue weighted by Gasteiger charge is 2.20. The van der Waals surface area contributed by atoms with Crippen molar-refractivity contribution in [2.75, 3.05) is 20.1 Å². The molecule has 2 nitrogen and oxygen atoms in total. The number of nitrogens with zero attached hydrogens (tertiary/aromatic N) is 1. The van der Waals surface area contributed by atoms with Crippen molar-refractivity contribution in [3.8, 4) is 0 Å². The highest BCUT2D eigenvalue weighted by Crippen LogP contribution is 2.13. The number of likely N-dealkylation sites (tertiary alicyclic amines) is 1. The third-order valence-corrected chi connectivity index (χ3v) is 3.15. The van der Waals surface area contributed by atoms with Crippen LogP contribution in [0.3, 0.4) is 0 Å². The molecule has 1 fully saturated rings. The molecule has 1 aliphatic heterocycles. The first-order valence-electron chi connectivity index (χ1n) is 5.19. The second-order valence-electron chi connectivity index (χ2n) is 3.86. The fraction of sp³-hybridized carbons (Fsp3) is 1.00. The maximum atomic E-state index is 3.35. The van der Waals surface area contributed by atoms with E-state index in [1.54, 1.807) is 0 Å². The van der Waals surface area contributed by atoms with E-state index in [2.05, 4.69) is 31.1 Å². The summed E-state index contributed by atoms with van der Waals surface area (Å²) in [5, 5.41) is 3.35. The Morgan fingerprint density at radius 2 is 2.00 bits per heavy atom. The zero-order chi connectivity index (χ0) is 8.97. The predicted molar refractivity (Wildman–Crippen MR) is 53.4 cm³/mol. The van der Waals surface area contributed by atoms with Crippen LogP contribution in [-0.2, 0) is 0 Å². The Kier molecular flexibility index (Phi) is 4.02. The Labute approximate surface area is 76.3 Å². The average Bonchev–Trinajstić information content (AvgIpc) is 2.17. The summed E-state index contributed by atoms with van der Waals surface area (Å²) in [6.45, 7) is 7.16. The summed E-state index contributed by atoms with van der Waals surface area (Å²) in [5.74, 6) is 0. The summed E-state index contributed by atoms with van der Waals surface area (Å²) in [5.41, 5.74) is 0. The Morgan fingerprint density at radius 1 is 1.42 bits per heavy atom. The van der Waals surface area contributed by atoms with Crippen molar-refractivity contribution in [3.63, 3.8) is 0 Å². The zero-order valence-corrected chi connectivity index (χ0v) is 8.64. The first-order chi connectivity index (χ1) is 5.77. The molecule has 72 valence electrons. The Morgan fingerprint density at radius 3 is 2.42 bits per heavy atom. The molecular weight excluding hydrogens is 148 g/mol. The summed E-state index contributed by atoms with van der Waals surface area (Å²) < 4.78 is 0. The quantitative estimate of drug-likeness (QED) is 0.690. The molecule has 1 saturated heterocycles. The van der Waals surface area contributed by atoms with E-state index >= 15 is 0 Å². The van der Waals surface area contributed by atoms with Crippen LogP contribution in [0.5, 0.6) is 0 Å². The lowest BCUT2D eigenvalue weighted by molar-refractivity contribution is 0.151. The van der Waals surface area contributed by atoms with Crippen LogP contribution in [0.15, 0.2) is 0 Å². The number of piperidine rings is 1. The van der Waals surface area contributed by atoms with Gasteiger partial charge in [-0.25, -0.2) is 0 Å². The largest absolute Gasteiger partial charge is 0.317 e. The van der Waals surface area contributed by atoms with Crippen LogP contribution in [0.2, 0.25) is 0 Å². The molecule has 0 radical (unpaired) electrons. The summed E-state index contributed by atoms with van der Waals surface area (Å²) >= 11 is 0. The van der Waals surface area contributed by atoms with Crippen LogP contribution in [0.1, 0.15) is 33.1 Å². The van der Waals surface area contributed by atoms with Crippen molar-refractivity contribution in [3.05, 3.63) is 0 Å². The van der Waals surface area contributed by atoms with E-state index in [1.165, 1.54) is 32.4 Å². The van der Waals surface area contributed by atoms with E-state index in [4.69, 9.17) is 0 Å². The molecule has 0 aliphatic carbocycles. The average molecular weight is 170 g/mol. The van der Waals surface area contributed by atoms with Crippen LogP contribution >= 0.6 is 0 Å². The van der Waals surface area contributed by atoms with Crippen molar-refractivity contribution < 1.29 is 0 Å². The molecule has 2 heteroatoms. The molecule has 0 aromatic rings. The van der Waals surface area contributed by atoms with Gasteiger partial charge in [0, 0.05) is 12.1 Å². The Balaban J connectivity index is 2.25. The van der Waals surface area contributed by atoms with Crippen LogP contribution in [0, 0.1) is 0 Å². The van der Waals surface area contributed by atoms with Crippen molar-refractivity contribution in [1.82, 2.24) is 10.2 Å². The van der Waals surface area contributed by atoms with Crippen molar-refractivity contribution >= 4 is 0 Å². The van der Waals surface area contributed by atoms with E-state index < -0.39 is 0 Å². The Bertz CT molecular complexity index is 117. The molecule has 1 N–H and O–H groups in total. The smallest absolute Gasteiger partial charge is 0.00884 e. The highest BCUT2D eigenvalue weighted by atomic mass is 15.2. The van der Waals surface area contributed by atoms with Gasteiger partial charge in [-0.3, -0.25) is 0 Å². The number of rotatable bonds is 3. The molecule has 1 aliphatic rings. The third-order valence-electron chi connectivity index (χ3n) is 3.15. The van der Waals surface area contributed by atoms with Crippen molar-refractivity contribution in [1.29, 1.82) is 0 Å².